The van der Waals surface area contributed by atoms with Crippen LogP contribution in [0.25, 0.3) is 0 Å². The van der Waals surface area contributed by atoms with Gasteiger partial charge in [0.25, 0.3) is 10.0 Å². The molecule has 0 saturated heterocycles. The number of aryl methyl sites for hydroxylation is 2. The Morgan fingerprint density at radius 3 is 2.35 bits per heavy atom. The first kappa shape index (κ1) is 14.4. The van der Waals surface area contributed by atoms with Crippen molar-refractivity contribution in [2.45, 2.75) is 18.7 Å². The van der Waals surface area contributed by atoms with E-state index in [1.165, 1.54) is 13.8 Å². The summed E-state index contributed by atoms with van der Waals surface area (Å²) in [5, 5.41) is 6.17. The summed E-state index contributed by atoms with van der Waals surface area (Å²) in [6, 6.07) is 1.43. The molecule has 5 nitrogen and oxygen atoms in total. The molecule has 2 N–H and O–H groups in total. The third-order valence-corrected chi connectivity index (χ3v) is 4.24. The zero-order chi connectivity index (χ0) is 15.1. The normalized spacial score (nSPS) is 11.7. The molecule has 2 aromatic rings. The topological polar surface area (TPSA) is 74.8 Å². The van der Waals surface area contributed by atoms with Gasteiger partial charge in [-0.1, -0.05) is 0 Å². The van der Waals surface area contributed by atoms with Gasteiger partial charge in [0.1, 0.15) is 4.90 Å². The SMILES string of the molecule is Cc1n[nH]c(C)c1S(=O)(=O)Nc1ccc(F)c(F)c1F. The molecule has 0 saturated carbocycles. The van der Waals surface area contributed by atoms with Gasteiger partial charge in [0.05, 0.1) is 17.1 Å². The number of hydrogen-bond acceptors (Lipinski definition) is 3. The van der Waals surface area contributed by atoms with Gasteiger partial charge in [-0.3, -0.25) is 9.82 Å². The van der Waals surface area contributed by atoms with Crippen molar-refractivity contribution in [1.29, 1.82) is 0 Å². The van der Waals surface area contributed by atoms with Crippen LogP contribution in [0.2, 0.25) is 0 Å². The highest BCUT2D eigenvalue weighted by Crippen LogP contribution is 2.24. The monoisotopic (exact) mass is 305 g/mol. The predicted molar refractivity (Wildman–Crippen MR) is 65.2 cm³/mol. The number of benzene rings is 1. The summed E-state index contributed by atoms with van der Waals surface area (Å²) in [4.78, 5) is -0.165. The molecule has 0 aliphatic carbocycles. The third-order valence-electron chi connectivity index (χ3n) is 2.61. The molecule has 20 heavy (non-hydrogen) atoms. The number of hydrogen-bond donors (Lipinski definition) is 2. The van der Waals surface area contributed by atoms with Gasteiger partial charge in [0, 0.05) is 0 Å². The van der Waals surface area contributed by atoms with E-state index in [4.69, 9.17) is 0 Å². The van der Waals surface area contributed by atoms with Crippen molar-refractivity contribution in [3.05, 3.63) is 41.0 Å². The standard InChI is InChI=1S/C11H10F3N3O2S/c1-5-11(6(2)16-15-5)20(18,19)17-8-4-3-7(12)9(13)10(8)14/h3-4,17H,1-2H3,(H,15,16). The van der Waals surface area contributed by atoms with E-state index in [2.05, 4.69) is 10.2 Å². The molecule has 108 valence electrons. The summed E-state index contributed by atoms with van der Waals surface area (Å²) in [5.74, 6) is -4.75. The molecule has 0 fully saturated rings. The number of halogens is 3. The van der Waals surface area contributed by atoms with Gasteiger partial charge in [-0.2, -0.15) is 5.10 Å². The zero-order valence-corrected chi connectivity index (χ0v) is 11.3. The molecule has 1 aromatic heterocycles. The van der Waals surface area contributed by atoms with E-state index in [0.717, 1.165) is 6.07 Å². The van der Waals surface area contributed by atoms with E-state index in [1.54, 1.807) is 0 Å². The zero-order valence-electron chi connectivity index (χ0n) is 10.5. The molecule has 0 unspecified atom stereocenters. The van der Waals surface area contributed by atoms with Crippen LogP contribution in [0.1, 0.15) is 11.4 Å². The Labute approximate surface area is 112 Å². The van der Waals surface area contributed by atoms with Gasteiger partial charge in [-0.25, -0.2) is 21.6 Å². The molecule has 0 amide bonds. The largest absolute Gasteiger partial charge is 0.281 e. The van der Waals surface area contributed by atoms with Crippen molar-refractivity contribution in [2.75, 3.05) is 4.72 Å². The van der Waals surface area contributed by atoms with Crippen LogP contribution < -0.4 is 4.72 Å². The lowest BCUT2D eigenvalue weighted by atomic mass is 10.3. The van der Waals surface area contributed by atoms with Gasteiger partial charge in [-0.05, 0) is 26.0 Å². The van der Waals surface area contributed by atoms with Gasteiger partial charge in [0.2, 0.25) is 0 Å². The Bertz CT molecular complexity index is 752. The molecule has 0 aliphatic rings. The summed E-state index contributed by atoms with van der Waals surface area (Å²) in [6.07, 6.45) is 0. The summed E-state index contributed by atoms with van der Waals surface area (Å²) >= 11 is 0. The van der Waals surface area contributed by atoms with Crippen LogP contribution >= 0.6 is 0 Å². The van der Waals surface area contributed by atoms with Crippen LogP contribution in [0.5, 0.6) is 0 Å². The number of sulfonamides is 1. The molecule has 0 radical (unpaired) electrons. The number of nitrogens with one attached hydrogen (secondary N) is 2. The fourth-order valence-corrected chi connectivity index (χ4v) is 3.17. The van der Waals surface area contributed by atoms with Crippen LogP contribution in [-0.4, -0.2) is 18.6 Å². The second-order valence-corrected chi connectivity index (χ2v) is 5.71. The molecule has 0 atom stereocenters. The van der Waals surface area contributed by atoms with Gasteiger partial charge >= 0.3 is 0 Å². The maximum atomic E-state index is 13.5. The van der Waals surface area contributed by atoms with Crippen molar-refractivity contribution >= 4 is 15.7 Å². The Morgan fingerprint density at radius 2 is 1.80 bits per heavy atom. The predicted octanol–water partition coefficient (Wildman–Crippen LogP) is 2.24. The average Bonchev–Trinajstić information content (AvgIpc) is 2.70. The minimum Gasteiger partial charge on any atom is -0.281 e. The second kappa shape index (κ2) is 4.82. The molecule has 0 bridgehead atoms. The minimum atomic E-state index is -4.16. The quantitative estimate of drug-likeness (QED) is 0.854. The Hall–Kier alpha value is -2.03. The molecule has 2 rings (SSSR count). The highest BCUT2D eigenvalue weighted by Gasteiger charge is 2.24. The lowest BCUT2D eigenvalue weighted by Crippen LogP contribution is -2.16. The summed E-state index contributed by atoms with van der Waals surface area (Å²) < 4.78 is 65.4. The average molecular weight is 305 g/mol. The molecule has 1 aromatic carbocycles. The van der Waals surface area contributed by atoms with Crippen molar-refractivity contribution in [2.24, 2.45) is 0 Å². The van der Waals surface area contributed by atoms with Crippen LogP contribution in [0, 0.1) is 31.3 Å². The first-order valence-electron chi connectivity index (χ1n) is 5.42. The van der Waals surface area contributed by atoms with Crippen molar-refractivity contribution in [3.8, 4) is 0 Å². The highest BCUT2D eigenvalue weighted by molar-refractivity contribution is 7.92. The van der Waals surface area contributed by atoms with Gasteiger partial charge < -0.3 is 0 Å². The lowest BCUT2D eigenvalue weighted by Gasteiger charge is -2.09. The fraction of sp³-hybridized carbons (Fsp3) is 0.182. The number of aromatic nitrogens is 2. The van der Waals surface area contributed by atoms with Gasteiger partial charge in [0.15, 0.2) is 17.5 Å². The highest BCUT2D eigenvalue weighted by atomic mass is 32.2. The van der Waals surface area contributed by atoms with Crippen LogP contribution in [0.4, 0.5) is 18.9 Å². The smallest absolute Gasteiger partial charge is 0.265 e. The fourth-order valence-electron chi connectivity index (χ4n) is 1.74. The van der Waals surface area contributed by atoms with Crippen LogP contribution in [-0.2, 0) is 10.0 Å². The van der Waals surface area contributed by atoms with Crippen molar-refractivity contribution in [3.63, 3.8) is 0 Å². The number of H-pyrrole nitrogens is 1. The van der Waals surface area contributed by atoms with E-state index < -0.39 is 33.2 Å². The maximum absolute atomic E-state index is 13.5. The molecule has 0 spiro atoms. The lowest BCUT2D eigenvalue weighted by molar-refractivity contribution is 0.449. The summed E-state index contributed by atoms with van der Waals surface area (Å²) in [7, 11) is -4.16. The summed E-state index contributed by atoms with van der Waals surface area (Å²) in [5.41, 5.74) is -0.250. The second-order valence-electron chi connectivity index (χ2n) is 4.09. The first-order chi connectivity index (χ1) is 9.24. The van der Waals surface area contributed by atoms with E-state index in [9.17, 15) is 21.6 Å². The van der Waals surface area contributed by atoms with E-state index in [0.29, 0.717) is 6.07 Å². The number of rotatable bonds is 3. The van der Waals surface area contributed by atoms with Crippen LogP contribution in [0.15, 0.2) is 17.0 Å². The van der Waals surface area contributed by atoms with Crippen molar-refractivity contribution in [1.82, 2.24) is 10.2 Å². The first-order valence-corrected chi connectivity index (χ1v) is 6.90. The Kier molecular flexibility index (Phi) is 3.46. The third kappa shape index (κ3) is 2.36. The minimum absolute atomic E-state index is 0.165. The summed E-state index contributed by atoms with van der Waals surface area (Å²) in [6.45, 7) is 2.91. The maximum Gasteiger partial charge on any atom is 0.265 e. The van der Waals surface area contributed by atoms with Crippen LogP contribution in [0.3, 0.4) is 0 Å². The molecule has 9 heteroatoms. The van der Waals surface area contributed by atoms with Gasteiger partial charge in [-0.15, -0.1) is 0 Å². The van der Waals surface area contributed by atoms with E-state index in [-0.39, 0.29) is 16.3 Å². The Morgan fingerprint density at radius 1 is 1.15 bits per heavy atom. The molecular formula is C11H10F3N3O2S. The van der Waals surface area contributed by atoms with E-state index >= 15 is 0 Å². The Balaban J connectivity index is 2.47. The number of anilines is 1. The number of aromatic amines is 1. The molecule has 1 heterocycles. The van der Waals surface area contributed by atoms with Crippen molar-refractivity contribution < 1.29 is 21.6 Å². The number of nitrogens with zero attached hydrogens (tertiary/aromatic N) is 1. The van der Waals surface area contributed by atoms with E-state index in [1.807, 2.05) is 4.72 Å². The molecule has 0 aliphatic heterocycles. The molecular weight excluding hydrogens is 295 g/mol.